The van der Waals surface area contributed by atoms with Crippen molar-refractivity contribution in [2.24, 2.45) is 0 Å². The number of β-amino-alcohol motifs (C(OH)–C–C–N with tert-alkyl or cyclic N) is 1. The molecule has 0 unspecified atom stereocenters. The second-order valence-corrected chi connectivity index (χ2v) is 11.3. The molecule has 0 aromatic heterocycles. The maximum Gasteiger partial charge on any atom is 0.243 e. The third kappa shape index (κ3) is 4.98. The number of sulfonamides is 2. The lowest BCUT2D eigenvalue weighted by molar-refractivity contribution is -0.116. The molecule has 0 amide bonds. The van der Waals surface area contributed by atoms with Gasteiger partial charge in [-0.1, -0.05) is 35.4 Å². The van der Waals surface area contributed by atoms with E-state index in [1.165, 1.54) is 24.3 Å². The fourth-order valence-corrected chi connectivity index (χ4v) is 6.10. The van der Waals surface area contributed by atoms with E-state index in [0.29, 0.717) is 0 Å². The van der Waals surface area contributed by atoms with Crippen LogP contribution in [0.1, 0.15) is 11.1 Å². The van der Waals surface area contributed by atoms with Gasteiger partial charge in [0.15, 0.2) is 0 Å². The Morgan fingerprint density at radius 1 is 0.839 bits per heavy atom. The molecule has 0 spiro atoms. The number of nitrogens with zero attached hydrogens (tertiary/aromatic N) is 1. The van der Waals surface area contributed by atoms with Crippen LogP contribution in [0.4, 0.5) is 0 Å². The largest absolute Gasteiger partial charge is 0.389 e. The third-order valence-corrected chi connectivity index (χ3v) is 8.66. The first-order valence-electron chi connectivity index (χ1n) is 9.62. The third-order valence-electron chi connectivity index (χ3n) is 5.32. The van der Waals surface area contributed by atoms with E-state index in [0.717, 1.165) is 15.4 Å². The molecule has 11 heteroatoms. The Morgan fingerprint density at radius 3 is 1.84 bits per heavy atom. The van der Waals surface area contributed by atoms with E-state index in [1.54, 1.807) is 31.2 Å². The van der Waals surface area contributed by atoms with Gasteiger partial charge in [0.25, 0.3) is 0 Å². The van der Waals surface area contributed by atoms with Crippen molar-refractivity contribution in [3.05, 3.63) is 59.7 Å². The number of hydrogen-bond acceptors (Lipinski definition) is 7. The molecule has 0 saturated carbocycles. The summed E-state index contributed by atoms with van der Waals surface area (Å²) in [6, 6.07) is 10.7. The molecule has 2 aromatic carbocycles. The lowest BCUT2D eigenvalue weighted by atomic mass is 9.96. The van der Waals surface area contributed by atoms with Crippen LogP contribution in [-0.2, 0) is 20.0 Å². The van der Waals surface area contributed by atoms with Crippen molar-refractivity contribution in [3.8, 4) is 0 Å². The molecule has 1 aliphatic heterocycles. The zero-order valence-electron chi connectivity index (χ0n) is 17.1. The Morgan fingerprint density at radius 2 is 1.32 bits per heavy atom. The van der Waals surface area contributed by atoms with Crippen molar-refractivity contribution in [3.63, 3.8) is 0 Å². The fourth-order valence-electron chi connectivity index (χ4n) is 3.39. The van der Waals surface area contributed by atoms with E-state index in [2.05, 4.69) is 4.72 Å². The van der Waals surface area contributed by atoms with E-state index in [4.69, 9.17) is 0 Å². The van der Waals surface area contributed by atoms with Gasteiger partial charge in [-0.25, -0.2) is 21.6 Å². The summed E-state index contributed by atoms with van der Waals surface area (Å²) in [6.45, 7) is 2.62. The molecular formula is C20H26N2O7S2. The molecule has 1 heterocycles. The van der Waals surface area contributed by atoms with E-state index < -0.39 is 57.5 Å². The number of rotatable bonds is 6. The monoisotopic (exact) mass is 470 g/mol. The minimum Gasteiger partial charge on any atom is -0.389 e. The molecule has 0 aliphatic carbocycles. The van der Waals surface area contributed by atoms with Gasteiger partial charge in [0.1, 0.15) is 12.2 Å². The molecule has 3 rings (SSSR count). The molecule has 170 valence electrons. The first-order valence-corrected chi connectivity index (χ1v) is 12.5. The van der Waals surface area contributed by atoms with Crippen LogP contribution in [0.2, 0.25) is 0 Å². The maximum absolute atomic E-state index is 13.2. The molecule has 9 nitrogen and oxygen atoms in total. The Kier molecular flexibility index (Phi) is 6.87. The van der Waals surface area contributed by atoms with Gasteiger partial charge >= 0.3 is 0 Å². The quantitative estimate of drug-likeness (QED) is 0.455. The molecule has 1 aliphatic rings. The highest BCUT2D eigenvalue weighted by atomic mass is 32.2. The first-order chi connectivity index (χ1) is 14.4. The van der Waals surface area contributed by atoms with E-state index >= 15 is 0 Å². The van der Waals surface area contributed by atoms with Crippen LogP contribution in [0.25, 0.3) is 0 Å². The van der Waals surface area contributed by atoms with Crippen molar-refractivity contribution >= 4 is 20.0 Å². The zero-order valence-corrected chi connectivity index (χ0v) is 18.7. The van der Waals surface area contributed by atoms with Gasteiger partial charge in [-0.05, 0) is 38.1 Å². The van der Waals surface area contributed by atoms with Crippen molar-refractivity contribution in [2.75, 3.05) is 13.1 Å². The Hall–Kier alpha value is -1.86. The highest BCUT2D eigenvalue weighted by molar-refractivity contribution is 7.89. The number of aryl methyl sites for hydroxylation is 2. The normalized spacial score (nSPS) is 25.5. The molecule has 31 heavy (non-hydrogen) atoms. The Balaban J connectivity index is 1.90. The van der Waals surface area contributed by atoms with Crippen molar-refractivity contribution in [1.29, 1.82) is 0 Å². The summed E-state index contributed by atoms with van der Waals surface area (Å²) in [5, 5.41) is 30.6. The highest BCUT2D eigenvalue weighted by Gasteiger charge is 2.46. The number of aliphatic hydroxyl groups is 3. The Labute approximate surface area is 182 Å². The zero-order chi connectivity index (χ0) is 23.0. The summed E-state index contributed by atoms with van der Waals surface area (Å²) >= 11 is 0. The van der Waals surface area contributed by atoms with E-state index in [-0.39, 0.29) is 9.79 Å². The topological polar surface area (TPSA) is 144 Å². The van der Waals surface area contributed by atoms with Gasteiger partial charge in [0, 0.05) is 13.1 Å². The van der Waals surface area contributed by atoms with Crippen LogP contribution in [0.5, 0.6) is 0 Å². The molecule has 1 saturated heterocycles. The van der Waals surface area contributed by atoms with Crippen LogP contribution in [0.15, 0.2) is 58.3 Å². The van der Waals surface area contributed by atoms with Gasteiger partial charge in [0.05, 0.1) is 21.9 Å². The molecular weight excluding hydrogens is 444 g/mol. The standard InChI is InChI=1S/C20H26N2O7S2/c1-13-3-7-15(8-4-13)30(26,27)21-11-17-19(24)20(25)18(23)12-22(17)31(28,29)16-9-5-14(2)6-10-16/h3-10,17-21,23-25H,11-12H2,1-2H3/t17-,18+,19+,20+/m0/s1. The van der Waals surface area contributed by atoms with Crippen molar-refractivity contribution in [1.82, 2.24) is 9.03 Å². The van der Waals surface area contributed by atoms with Crippen LogP contribution >= 0.6 is 0 Å². The molecule has 1 fully saturated rings. The molecule has 4 atom stereocenters. The number of aliphatic hydroxyl groups excluding tert-OH is 3. The molecule has 0 bridgehead atoms. The van der Waals surface area contributed by atoms with Gasteiger partial charge in [-0.2, -0.15) is 4.31 Å². The number of hydrogen-bond donors (Lipinski definition) is 4. The summed E-state index contributed by atoms with van der Waals surface area (Å²) in [6.07, 6.45) is -4.86. The summed E-state index contributed by atoms with van der Waals surface area (Å²) in [5.41, 5.74) is 1.71. The molecule has 0 radical (unpaired) electrons. The molecule has 2 aromatic rings. The van der Waals surface area contributed by atoms with E-state index in [1.807, 2.05) is 6.92 Å². The van der Waals surface area contributed by atoms with Gasteiger partial charge in [-0.3, -0.25) is 0 Å². The minimum absolute atomic E-state index is 0.0167. The van der Waals surface area contributed by atoms with E-state index in [9.17, 15) is 32.2 Å². The molecule has 4 N–H and O–H groups in total. The average molecular weight is 471 g/mol. The number of nitrogens with one attached hydrogen (secondary N) is 1. The minimum atomic E-state index is -4.19. The van der Waals surface area contributed by atoms with Gasteiger partial charge in [0.2, 0.25) is 20.0 Å². The number of piperidine rings is 1. The van der Waals surface area contributed by atoms with Gasteiger partial charge in [-0.15, -0.1) is 0 Å². The van der Waals surface area contributed by atoms with Crippen LogP contribution in [0.3, 0.4) is 0 Å². The predicted octanol–water partition coefficient (Wildman–Crippen LogP) is -0.262. The maximum atomic E-state index is 13.2. The average Bonchev–Trinajstić information content (AvgIpc) is 2.71. The first kappa shape index (κ1) is 23.8. The summed E-state index contributed by atoms with van der Waals surface area (Å²) in [7, 11) is -8.18. The summed E-state index contributed by atoms with van der Waals surface area (Å²) < 4.78 is 54.8. The lowest BCUT2D eigenvalue weighted by Crippen LogP contribution is -2.65. The van der Waals surface area contributed by atoms with Crippen molar-refractivity contribution in [2.45, 2.75) is 48.0 Å². The second-order valence-electron chi connectivity index (χ2n) is 7.67. The second kappa shape index (κ2) is 8.94. The van der Waals surface area contributed by atoms with Gasteiger partial charge < -0.3 is 15.3 Å². The van der Waals surface area contributed by atoms with Crippen molar-refractivity contribution < 1.29 is 32.2 Å². The number of benzene rings is 2. The fraction of sp³-hybridized carbons (Fsp3) is 0.400. The predicted molar refractivity (Wildman–Crippen MR) is 113 cm³/mol. The summed E-state index contributed by atoms with van der Waals surface area (Å²) in [4.78, 5) is -0.0859. The highest BCUT2D eigenvalue weighted by Crippen LogP contribution is 2.27. The van der Waals surface area contributed by atoms with Crippen LogP contribution in [0, 0.1) is 13.8 Å². The van der Waals surface area contributed by atoms with Crippen LogP contribution < -0.4 is 4.72 Å². The summed E-state index contributed by atoms with van der Waals surface area (Å²) in [5.74, 6) is 0. The van der Waals surface area contributed by atoms with Crippen LogP contribution in [-0.4, -0.2) is 73.9 Å². The smallest absolute Gasteiger partial charge is 0.243 e. The lowest BCUT2D eigenvalue weighted by Gasteiger charge is -2.42. The Bertz CT molecular complexity index is 1120. The SMILES string of the molecule is Cc1ccc(S(=O)(=O)NC[C@H]2[C@@H](O)[C@H](O)[C@H](O)CN2S(=O)(=O)c2ccc(C)cc2)cc1.